The van der Waals surface area contributed by atoms with E-state index >= 15 is 0 Å². The van der Waals surface area contributed by atoms with Gasteiger partial charge in [0, 0.05) is 11.6 Å². The predicted molar refractivity (Wildman–Crippen MR) is 108 cm³/mol. The van der Waals surface area contributed by atoms with E-state index in [4.69, 9.17) is 4.74 Å². The second-order valence-electron chi connectivity index (χ2n) is 7.51. The highest BCUT2D eigenvalue weighted by molar-refractivity contribution is 7.89. The minimum absolute atomic E-state index is 0.0439. The standard InChI is InChI=1S/C21H25FN2O4S/c1-13(2)20(14-4-7-16(22)8-5-14)23-21(25)15-6-11-18(28-3)19(12-15)29(26,27)24-17-9-10-17/h4-8,11-13,17,20,24H,9-10H2,1-3H3,(H,23,25). The maximum Gasteiger partial charge on any atom is 0.251 e. The first-order valence-electron chi connectivity index (χ1n) is 9.48. The minimum atomic E-state index is -3.79. The molecule has 0 radical (unpaired) electrons. The third-order valence-electron chi connectivity index (χ3n) is 4.80. The summed E-state index contributed by atoms with van der Waals surface area (Å²) in [6, 6.07) is 9.84. The van der Waals surface area contributed by atoms with Crippen LogP contribution in [-0.2, 0) is 10.0 Å². The fraction of sp³-hybridized carbons (Fsp3) is 0.381. The van der Waals surface area contributed by atoms with Crippen molar-refractivity contribution in [3.05, 3.63) is 59.4 Å². The van der Waals surface area contributed by atoms with Gasteiger partial charge in [0.1, 0.15) is 16.5 Å². The van der Waals surface area contributed by atoms with Gasteiger partial charge in [-0.1, -0.05) is 26.0 Å². The predicted octanol–water partition coefficient (Wildman–Crippen LogP) is 3.40. The smallest absolute Gasteiger partial charge is 0.251 e. The van der Waals surface area contributed by atoms with E-state index in [1.54, 1.807) is 12.1 Å². The highest BCUT2D eigenvalue weighted by atomic mass is 32.2. The Balaban J connectivity index is 1.87. The molecular formula is C21H25FN2O4S. The molecular weight excluding hydrogens is 395 g/mol. The van der Waals surface area contributed by atoms with Crippen molar-refractivity contribution in [1.82, 2.24) is 10.0 Å². The third kappa shape index (κ3) is 5.13. The molecule has 1 amide bonds. The molecule has 0 heterocycles. The number of benzene rings is 2. The van der Waals surface area contributed by atoms with Crippen LogP contribution in [0.25, 0.3) is 0 Å². The number of carbonyl (C=O) groups is 1. The van der Waals surface area contributed by atoms with Gasteiger partial charge in [0.15, 0.2) is 0 Å². The lowest BCUT2D eigenvalue weighted by Crippen LogP contribution is -2.32. The Morgan fingerprint density at radius 3 is 2.34 bits per heavy atom. The number of carbonyl (C=O) groups excluding carboxylic acids is 1. The molecule has 29 heavy (non-hydrogen) atoms. The van der Waals surface area contributed by atoms with Crippen LogP contribution in [0.15, 0.2) is 47.4 Å². The first kappa shape index (κ1) is 21.3. The quantitative estimate of drug-likeness (QED) is 0.686. The number of methoxy groups -OCH3 is 1. The number of ether oxygens (including phenoxy) is 1. The van der Waals surface area contributed by atoms with Crippen LogP contribution in [0.1, 0.15) is 48.7 Å². The summed E-state index contributed by atoms with van der Waals surface area (Å²) in [5.41, 5.74) is 0.973. The monoisotopic (exact) mass is 420 g/mol. The number of amides is 1. The Kier molecular flexibility index (Phi) is 6.24. The maximum atomic E-state index is 13.2. The van der Waals surface area contributed by atoms with Gasteiger partial charge >= 0.3 is 0 Å². The summed E-state index contributed by atoms with van der Waals surface area (Å²) < 4.78 is 46.3. The summed E-state index contributed by atoms with van der Waals surface area (Å²) in [6.07, 6.45) is 1.60. The lowest BCUT2D eigenvalue weighted by molar-refractivity contribution is 0.0925. The number of sulfonamides is 1. The molecule has 2 aromatic rings. The Morgan fingerprint density at radius 2 is 1.79 bits per heavy atom. The average Bonchev–Trinajstić information content (AvgIpc) is 3.49. The number of hydrogen-bond donors (Lipinski definition) is 2. The van der Waals surface area contributed by atoms with Crippen LogP contribution in [0.2, 0.25) is 0 Å². The molecule has 2 N–H and O–H groups in total. The first-order chi connectivity index (χ1) is 13.7. The molecule has 2 aromatic carbocycles. The van der Waals surface area contributed by atoms with Crippen molar-refractivity contribution in [2.24, 2.45) is 5.92 Å². The zero-order chi connectivity index (χ0) is 21.2. The largest absolute Gasteiger partial charge is 0.495 e. The van der Waals surface area contributed by atoms with Crippen molar-refractivity contribution in [2.75, 3.05) is 7.11 Å². The van der Waals surface area contributed by atoms with Gasteiger partial charge in [-0.2, -0.15) is 0 Å². The Hall–Kier alpha value is -2.45. The van der Waals surface area contributed by atoms with Gasteiger partial charge < -0.3 is 10.1 Å². The van der Waals surface area contributed by atoms with Crippen molar-refractivity contribution in [2.45, 2.75) is 43.7 Å². The lowest BCUT2D eigenvalue weighted by atomic mass is 9.95. The molecule has 1 unspecified atom stereocenters. The van der Waals surface area contributed by atoms with Crippen molar-refractivity contribution < 1.29 is 22.3 Å². The summed E-state index contributed by atoms with van der Waals surface area (Å²) in [5, 5.41) is 2.92. The van der Waals surface area contributed by atoms with E-state index in [1.807, 2.05) is 13.8 Å². The molecule has 1 atom stereocenters. The summed E-state index contributed by atoms with van der Waals surface area (Å²) in [7, 11) is -2.41. The number of nitrogens with one attached hydrogen (secondary N) is 2. The topological polar surface area (TPSA) is 84.5 Å². The van der Waals surface area contributed by atoms with Crippen LogP contribution in [-0.4, -0.2) is 27.5 Å². The van der Waals surface area contributed by atoms with Crippen LogP contribution in [0.5, 0.6) is 5.75 Å². The molecule has 0 saturated heterocycles. The summed E-state index contributed by atoms with van der Waals surface area (Å²) in [6.45, 7) is 3.88. The Morgan fingerprint density at radius 1 is 1.14 bits per heavy atom. The molecule has 6 nitrogen and oxygen atoms in total. The van der Waals surface area contributed by atoms with Gasteiger partial charge in [-0.15, -0.1) is 0 Å². The Bertz CT molecular complexity index is 986. The zero-order valence-corrected chi connectivity index (χ0v) is 17.4. The van der Waals surface area contributed by atoms with Crippen LogP contribution in [0, 0.1) is 11.7 Å². The first-order valence-corrected chi connectivity index (χ1v) is 11.0. The molecule has 1 fully saturated rings. The molecule has 1 aliphatic rings. The van der Waals surface area contributed by atoms with Gasteiger partial charge in [0.25, 0.3) is 5.91 Å². The Labute approximate surface area is 170 Å². The van der Waals surface area contributed by atoms with Crippen LogP contribution < -0.4 is 14.8 Å². The lowest BCUT2D eigenvalue weighted by Gasteiger charge is -2.23. The van der Waals surface area contributed by atoms with Crippen LogP contribution in [0.3, 0.4) is 0 Å². The van der Waals surface area contributed by atoms with Crippen LogP contribution >= 0.6 is 0 Å². The molecule has 156 valence electrons. The van der Waals surface area contributed by atoms with Gasteiger partial charge in [-0.05, 0) is 54.7 Å². The highest BCUT2D eigenvalue weighted by Gasteiger charge is 2.30. The van der Waals surface area contributed by atoms with E-state index in [0.29, 0.717) is 0 Å². The summed E-state index contributed by atoms with van der Waals surface area (Å²) in [4.78, 5) is 12.8. The number of halogens is 1. The molecule has 8 heteroatoms. The molecule has 3 rings (SSSR count). The number of rotatable bonds is 8. The van der Waals surface area contributed by atoms with Gasteiger partial charge in [-0.25, -0.2) is 17.5 Å². The highest BCUT2D eigenvalue weighted by Crippen LogP contribution is 2.29. The van der Waals surface area contributed by atoms with E-state index in [2.05, 4.69) is 10.0 Å². The SMILES string of the molecule is COc1ccc(C(=O)NC(c2ccc(F)cc2)C(C)C)cc1S(=O)(=O)NC1CC1. The normalized spacial score (nSPS) is 15.2. The van der Waals surface area contributed by atoms with E-state index in [1.165, 1.54) is 37.4 Å². The zero-order valence-electron chi connectivity index (χ0n) is 16.6. The van der Waals surface area contributed by atoms with Crippen molar-refractivity contribution in [3.63, 3.8) is 0 Å². The molecule has 1 saturated carbocycles. The van der Waals surface area contributed by atoms with Crippen molar-refractivity contribution >= 4 is 15.9 Å². The fourth-order valence-corrected chi connectivity index (χ4v) is 4.54. The molecule has 0 aliphatic heterocycles. The van der Waals surface area contributed by atoms with Gasteiger partial charge in [0.2, 0.25) is 10.0 Å². The minimum Gasteiger partial charge on any atom is -0.495 e. The molecule has 0 spiro atoms. The van der Waals surface area contributed by atoms with E-state index in [9.17, 15) is 17.6 Å². The number of hydrogen-bond acceptors (Lipinski definition) is 4. The second kappa shape index (κ2) is 8.51. The maximum absolute atomic E-state index is 13.2. The van der Waals surface area contributed by atoms with Gasteiger partial charge in [-0.3, -0.25) is 4.79 Å². The molecule has 0 bridgehead atoms. The van der Waals surface area contributed by atoms with Crippen molar-refractivity contribution in [3.8, 4) is 5.75 Å². The van der Waals surface area contributed by atoms with Gasteiger partial charge in [0.05, 0.1) is 13.2 Å². The molecule has 1 aliphatic carbocycles. The van der Waals surface area contributed by atoms with Crippen LogP contribution in [0.4, 0.5) is 4.39 Å². The summed E-state index contributed by atoms with van der Waals surface area (Å²) in [5.74, 6) is -0.551. The van der Waals surface area contributed by atoms with Crippen molar-refractivity contribution in [1.29, 1.82) is 0 Å². The third-order valence-corrected chi connectivity index (χ3v) is 6.34. The second-order valence-corrected chi connectivity index (χ2v) is 9.19. The van der Waals surface area contributed by atoms with E-state index < -0.39 is 15.9 Å². The van der Waals surface area contributed by atoms with E-state index in [-0.39, 0.29) is 40.0 Å². The molecule has 0 aromatic heterocycles. The fourth-order valence-electron chi connectivity index (χ4n) is 3.04. The summed E-state index contributed by atoms with van der Waals surface area (Å²) >= 11 is 0. The van der Waals surface area contributed by atoms with E-state index in [0.717, 1.165) is 18.4 Å². The average molecular weight is 421 g/mol.